The summed E-state index contributed by atoms with van der Waals surface area (Å²) in [4.78, 5) is -0.435. The van der Waals surface area contributed by atoms with Gasteiger partial charge < -0.3 is 0 Å². The molecule has 0 aliphatic carbocycles. The third-order valence-corrected chi connectivity index (χ3v) is 3.24. The first-order chi connectivity index (χ1) is 5.13. The molecular formula is C6H11Cl4P. The minimum absolute atomic E-state index is 0.217. The zero-order valence-corrected chi connectivity index (χ0v) is 10.0. The summed E-state index contributed by atoms with van der Waals surface area (Å²) in [5.74, 6) is 0. The van der Waals surface area contributed by atoms with Crippen molar-refractivity contribution in [1.82, 2.24) is 0 Å². The fourth-order valence-electron chi connectivity index (χ4n) is 0.547. The van der Waals surface area contributed by atoms with Gasteiger partial charge in [0.1, 0.15) is 9.67 Å². The van der Waals surface area contributed by atoms with Crippen molar-refractivity contribution in [3.63, 3.8) is 0 Å². The van der Waals surface area contributed by atoms with Crippen LogP contribution >= 0.6 is 55.0 Å². The predicted octanol–water partition coefficient (Wildman–Crippen LogP) is 4.05. The van der Waals surface area contributed by atoms with E-state index in [1.807, 2.05) is 0 Å². The monoisotopic (exact) mass is 254 g/mol. The molecule has 0 aromatic carbocycles. The third-order valence-electron chi connectivity index (χ3n) is 1.08. The van der Waals surface area contributed by atoms with Gasteiger partial charge in [0.05, 0.1) is 0 Å². The summed E-state index contributed by atoms with van der Waals surface area (Å²) in [5.41, 5.74) is 0. The van der Waals surface area contributed by atoms with E-state index in [1.54, 1.807) is 0 Å². The lowest BCUT2D eigenvalue weighted by atomic mass is 10.6. The van der Waals surface area contributed by atoms with E-state index in [0.29, 0.717) is 0 Å². The van der Waals surface area contributed by atoms with E-state index in [9.17, 15) is 0 Å². The summed E-state index contributed by atoms with van der Waals surface area (Å²) in [7, 11) is 0.880. The van der Waals surface area contributed by atoms with E-state index in [2.05, 4.69) is 0 Å². The van der Waals surface area contributed by atoms with Crippen LogP contribution in [-0.2, 0) is 0 Å². The van der Waals surface area contributed by atoms with Gasteiger partial charge in [-0.2, -0.15) is 0 Å². The van der Waals surface area contributed by atoms with Gasteiger partial charge >= 0.3 is 0 Å². The molecule has 5 heteroatoms. The van der Waals surface area contributed by atoms with Crippen LogP contribution in [0, 0.1) is 0 Å². The second kappa shape index (κ2) is 8.20. The lowest BCUT2D eigenvalue weighted by Gasteiger charge is -2.02. The van der Waals surface area contributed by atoms with E-state index < -0.39 is 0 Å². The van der Waals surface area contributed by atoms with Gasteiger partial charge in [-0.15, -0.1) is 55.0 Å². The van der Waals surface area contributed by atoms with E-state index >= 15 is 0 Å². The Hall–Kier alpha value is 1.59. The first kappa shape index (κ1) is 12.6. The van der Waals surface area contributed by atoms with Crippen LogP contribution in [0.25, 0.3) is 0 Å². The Morgan fingerprint density at radius 3 is 1.45 bits per heavy atom. The van der Waals surface area contributed by atoms with Gasteiger partial charge in [-0.25, -0.2) is 0 Å². The fraction of sp³-hybridized carbons (Fsp3) is 1.00. The summed E-state index contributed by atoms with van der Waals surface area (Å²) < 4.78 is 0. The molecule has 0 bridgehead atoms. The molecular weight excluding hydrogens is 245 g/mol. The van der Waals surface area contributed by atoms with Gasteiger partial charge in [0, 0.05) is 0 Å². The summed E-state index contributed by atoms with van der Waals surface area (Å²) >= 11 is 22.1. The molecule has 0 nitrogen and oxygen atoms in total. The number of alkyl halides is 4. The Kier molecular flexibility index (Phi) is 9.39. The molecule has 0 radical (unpaired) electrons. The molecule has 0 unspecified atom stereocenters. The van der Waals surface area contributed by atoms with E-state index in [1.165, 1.54) is 0 Å². The SMILES string of the molecule is ClC(Cl)CCPCCC(Cl)Cl. The van der Waals surface area contributed by atoms with Crippen molar-refractivity contribution in [3.05, 3.63) is 0 Å². The van der Waals surface area contributed by atoms with Gasteiger partial charge in [-0.05, 0) is 25.2 Å². The largest absolute Gasteiger partial charge is 0.122 e. The Balaban J connectivity index is 2.91. The van der Waals surface area contributed by atoms with Crippen LogP contribution in [0.4, 0.5) is 0 Å². The van der Waals surface area contributed by atoms with Crippen molar-refractivity contribution in [3.8, 4) is 0 Å². The van der Waals surface area contributed by atoms with Crippen LogP contribution in [0.15, 0.2) is 0 Å². The third kappa shape index (κ3) is 11.6. The molecule has 0 saturated heterocycles. The molecule has 0 aliphatic rings. The Morgan fingerprint density at radius 2 is 1.18 bits per heavy atom. The van der Waals surface area contributed by atoms with E-state index in [4.69, 9.17) is 46.4 Å². The normalized spacial score (nSPS) is 11.5. The van der Waals surface area contributed by atoms with Gasteiger partial charge in [-0.1, -0.05) is 0 Å². The highest BCUT2D eigenvalue weighted by atomic mass is 35.5. The van der Waals surface area contributed by atoms with Crippen molar-refractivity contribution in [2.75, 3.05) is 12.3 Å². The highest BCUT2D eigenvalue weighted by Gasteiger charge is 2.00. The number of halogens is 4. The average Bonchev–Trinajstić information content (AvgIpc) is 1.85. The molecule has 0 rings (SSSR count). The zero-order valence-electron chi connectivity index (χ0n) is 5.99. The van der Waals surface area contributed by atoms with Crippen molar-refractivity contribution < 1.29 is 0 Å². The second-order valence-electron chi connectivity index (χ2n) is 2.11. The second-order valence-corrected chi connectivity index (χ2v) is 6.16. The molecule has 68 valence electrons. The molecule has 11 heavy (non-hydrogen) atoms. The predicted molar refractivity (Wildman–Crippen MR) is 58.3 cm³/mol. The van der Waals surface area contributed by atoms with Crippen molar-refractivity contribution in [2.24, 2.45) is 0 Å². The smallest absolute Gasteiger partial charge is 0.108 e. The maximum absolute atomic E-state index is 5.54. The summed E-state index contributed by atoms with van der Waals surface area (Å²) in [6.45, 7) is 0. The lowest BCUT2D eigenvalue weighted by molar-refractivity contribution is 1.02. The molecule has 0 aromatic heterocycles. The fourth-order valence-corrected chi connectivity index (χ4v) is 2.95. The number of hydrogen-bond acceptors (Lipinski definition) is 0. The average molecular weight is 256 g/mol. The van der Waals surface area contributed by atoms with Crippen molar-refractivity contribution in [2.45, 2.75) is 22.5 Å². The quantitative estimate of drug-likeness (QED) is 0.382. The Morgan fingerprint density at radius 1 is 0.818 bits per heavy atom. The van der Waals surface area contributed by atoms with Crippen LogP contribution in [-0.4, -0.2) is 22.0 Å². The highest BCUT2D eigenvalue weighted by molar-refractivity contribution is 7.37. The molecule has 0 N–H and O–H groups in total. The maximum Gasteiger partial charge on any atom is 0.108 e. The van der Waals surface area contributed by atoms with Crippen LogP contribution in [0.3, 0.4) is 0 Å². The van der Waals surface area contributed by atoms with E-state index in [-0.39, 0.29) is 9.67 Å². The summed E-state index contributed by atoms with van der Waals surface area (Å²) in [6, 6.07) is 0. The topological polar surface area (TPSA) is 0 Å². The van der Waals surface area contributed by atoms with Crippen LogP contribution < -0.4 is 0 Å². The molecule has 0 spiro atoms. The minimum Gasteiger partial charge on any atom is -0.122 e. The number of rotatable bonds is 6. The zero-order chi connectivity index (χ0) is 8.69. The maximum atomic E-state index is 5.54. The molecule has 0 aliphatic heterocycles. The first-order valence-electron chi connectivity index (χ1n) is 3.40. The molecule has 0 heterocycles. The highest BCUT2D eigenvalue weighted by Crippen LogP contribution is 2.20. The van der Waals surface area contributed by atoms with Gasteiger partial charge in [-0.3, -0.25) is 0 Å². The van der Waals surface area contributed by atoms with Crippen molar-refractivity contribution >= 4 is 55.0 Å². The molecule has 0 saturated carbocycles. The first-order valence-corrected chi connectivity index (χ1v) is 6.56. The van der Waals surface area contributed by atoms with Crippen LogP contribution in [0.1, 0.15) is 12.8 Å². The standard InChI is InChI=1S/C6H11Cl4P/c7-5(8)1-3-11-4-2-6(9)10/h5-6,11H,1-4H2. The van der Waals surface area contributed by atoms with Crippen LogP contribution in [0.5, 0.6) is 0 Å². The molecule has 0 aromatic rings. The lowest BCUT2D eigenvalue weighted by Crippen LogP contribution is -1.92. The Bertz CT molecular complexity index is 76.7. The summed E-state index contributed by atoms with van der Waals surface area (Å²) in [6.07, 6.45) is 3.91. The van der Waals surface area contributed by atoms with Crippen molar-refractivity contribution in [1.29, 1.82) is 0 Å². The number of hydrogen-bond donors (Lipinski definition) is 0. The van der Waals surface area contributed by atoms with E-state index in [0.717, 1.165) is 33.7 Å². The minimum atomic E-state index is -0.217. The van der Waals surface area contributed by atoms with Gasteiger partial charge in [0.2, 0.25) is 0 Å². The Labute approximate surface area is 89.7 Å². The molecule has 0 fully saturated rings. The van der Waals surface area contributed by atoms with Gasteiger partial charge in [0.25, 0.3) is 0 Å². The molecule has 0 atom stereocenters. The van der Waals surface area contributed by atoms with Crippen LogP contribution in [0.2, 0.25) is 0 Å². The van der Waals surface area contributed by atoms with Gasteiger partial charge in [0.15, 0.2) is 0 Å². The molecule has 0 amide bonds. The summed E-state index contributed by atoms with van der Waals surface area (Å²) in [5, 5.41) is 0.